The van der Waals surface area contributed by atoms with Gasteiger partial charge in [0.05, 0.1) is 12.8 Å². The van der Waals surface area contributed by atoms with Crippen molar-refractivity contribution in [1.29, 1.82) is 0 Å². The summed E-state index contributed by atoms with van der Waals surface area (Å²) in [6, 6.07) is 12.3. The lowest BCUT2D eigenvalue weighted by molar-refractivity contribution is 0.0949. The maximum atomic E-state index is 12.3. The fraction of sp³-hybridized carbons (Fsp3) is 0.150. The highest BCUT2D eigenvalue weighted by molar-refractivity contribution is 6.35. The molecule has 2 heterocycles. The second-order valence-electron chi connectivity index (χ2n) is 6.24. The third-order valence-corrected chi connectivity index (χ3v) is 4.75. The Balaban J connectivity index is 1.37. The van der Waals surface area contributed by atoms with Gasteiger partial charge in [-0.05, 0) is 47.5 Å². The molecule has 7 nitrogen and oxygen atoms in total. The van der Waals surface area contributed by atoms with Gasteiger partial charge in [-0.25, -0.2) is 5.43 Å². The molecule has 0 aliphatic carbocycles. The maximum absolute atomic E-state index is 12.3. The number of benzene rings is 2. The SMILES string of the molecule is O=C(N/N=C/c1ccc2c(c1)OCCO2)c1ccn(Cc2ccc(Cl)cc2Cl)n1. The van der Waals surface area contributed by atoms with Crippen LogP contribution in [0.1, 0.15) is 21.6 Å². The number of amides is 1. The number of nitrogens with one attached hydrogen (secondary N) is 1. The summed E-state index contributed by atoms with van der Waals surface area (Å²) in [5.41, 5.74) is 4.33. The summed E-state index contributed by atoms with van der Waals surface area (Å²) in [5.74, 6) is 0.939. The molecular weight excluding hydrogens is 415 g/mol. The molecule has 148 valence electrons. The summed E-state index contributed by atoms with van der Waals surface area (Å²) in [5, 5.41) is 9.34. The molecule has 0 unspecified atom stereocenters. The van der Waals surface area contributed by atoms with Gasteiger partial charge in [0.2, 0.25) is 0 Å². The minimum absolute atomic E-state index is 0.245. The standard InChI is InChI=1S/C20H16Cl2N4O3/c21-15-3-2-14(16(22)10-15)12-26-6-5-17(25-26)20(27)24-23-11-13-1-4-18-19(9-13)29-8-7-28-18/h1-6,9-11H,7-8,12H2,(H,24,27)/b23-11+. The first kappa shape index (κ1) is 19.3. The second kappa shape index (κ2) is 8.55. The quantitative estimate of drug-likeness (QED) is 0.493. The molecule has 2 aromatic carbocycles. The van der Waals surface area contributed by atoms with E-state index in [-0.39, 0.29) is 5.69 Å². The second-order valence-corrected chi connectivity index (χ2v) is 7.08. The molecule has 1 N–H and O–H groups in total. The fourth-order valence-corrected chi connectivity index (χ4v) is 3.23. The number of nitrogens with zero attached hydrogens (tertiary/aromatic N) is 3. The Hall–Kier alpha value is -3.03. The van der Waals surface area contributed by atoms with Crippen molar-refractivity contribution in [3.63, 3.8) is 0 Å². The summed E-state index contributed by atoms with van der Waals surface area (Å²) in [6.07, 6.45) is 3.23. The Morgan fingerprint density at radius 1 is 1.14 bits per heavy atom. The van der Waals surface area contributed by atoms with Gasteiger partial charge in [0.15, 0.2) is 17.2 Å². The van der Waals surface area contributed by atoms with Crippen LogP contribution in [0.2, 0.25) is 10.0 Å². The third-order valence-electron chi connectivity index (χ3n) is 4.17. The Morgan fingerprint density at radius 3 is 2.79 bits per heavy atom. The number of rotatable bonds is 5. The van der Waals surface area contributed by atoms with E-state index in [1.807, 2.05) is 12.1 Å². The molecule has 1 aromatic heterocycles. The van der Waals surface area contributed by atoms with Crippen molar-refractivity contribution in [2.45, 2.75) is 6.54 Å². The van der Waals surface area contributed by atoms with E-state index in [4.69, 9.17) is 32.7 Å². The molecule has 0 saturated heterocycles. The molecule has 0 radical (unpaired) electrons. The first-order valence-electron chi connectivity index (χ1n) is 8.79. The van der Waals surface area contributed by atoms with Crippen LogP contribution in [0.5, 0.6) is 11.5 Å². The van der Waals surface area contributed by atoms with Gasteiger partial charge in [0, 0.05) is 16.2 Å². The van der Waals surface area contributed by atoms with E-state index < -0.39 is 5.91 Å². The largest absolute Gasteiger partial charge is 0.486 e. The molecule has 1 aliphatic rings. The van der Waals surface area contributed by atoms with Crippen LogP contribution in [0.25, 0.3) is 0 Å². The van der Waals surface area contributed by atoms with Gasteiger partial charge in [0.1, 0.15) is 13.2 Å². The molecule has 0 bridgehead atoms. The van der Waals surface area contributed by atoms with Crippen LogP contribution < -0.4 is 14.9 Å². The van der Waals surface area contributed by atoms with E-state index in [9.17, 15) is 4.79 Å². The molecule has 3 aromatic rings. The first-order chi connectivity index (χ1) is 14.1. The molecule has 0 saturated carbocycles. The number of ether oxygens (including phenoxy) is 2. The lowest BCUT2D eigenvalue weighted by atomic mass is 10.2. The van der Waals surface area contributed by atoms with E-state index in [2.05, 4.69) is 15.6 Å². The number of hydrogen-bond acceptors (Lipinski definition) is 5. The minimum atomic E-state index is -0.417. The highest BCUT2D eigenvalue weighted by Gasteiger charge is 2.12. The first-order valence-corrected chi connectivity index (χ1v) is 9.54. The van der Waals surface area contributed by atoms with Gasteiger partial charge >= 0.3 is 0 Å². The number of hydrazone groups is 1. The summed E-state index contributed by atoms with van der Waals surface area (Å²) in [7, 11) is 0. The van der Waals surface area contributed by atoms with Crippen molar-refractivity contribution in [1.82, 2.24) is 15.2 Å². The number of carbonyl (C=O) groups is 1. The van der Waals surface area contributed by atoms with Crippen LogP contribution >= 0.6 is 23.2 Å². The van der Waals surface area contributed by atoms with Gasteiger partial charge in [-0.2, -0.15) is 10.2 Å². The maximum Gasteiger partial charge on any atom is 0.291 e. The van der Waals surface area contributed by atoms with Gasteiger partial charge in [-0.1, -0.05) is 29.3 Å². The van der Waals surface area contributed by atoms with Crippen LogP contribution in [-0.4, -0.2) is 35.1 Å². The predicted molar refractivity (Wildman–Crippen MR) is 110 cm³/mol. The zero-order chi connectivity index (χ0) is 20.2. The Labute approximate surface area is 176 Å². The molecule has 0 fully saturated rings. The summed E-state index contributed by atoms with van der Waals surface area (Å²) in [4.78, 5) is 12.3. The zero-order valence-electron chi connectivity index (χ0n) is 15.1. The average Bonchev–Trinajstić information content (AvgIpc) is 3.19. The number of aromatic nitrogens is 2. The Kier molecular flexibility index (Phi) is 5.69. The summed E-state index contributed by atoms with van der Waals surface area (Å²) < 4.78 is 12.6. The van der Waals surface area contributed by atoms with Gasteiger partial charge in [-0.3, -0.25) is 9.48 Å². The van der Waals surface area contributed by atoms with Gasteiger partial charge in [-0.15, -0.1) is 0 Å². The zero-order valence-corrected chi connectivity index (χ0v) is 16.7. The normalized spacial score (nSPS) is 12.9. The predicted octanol–water partition coefficient (Wildman–Crippen LogP) is 3.77. The lowest BCUT2D eigenvalue weighted by Crippen LogP contribution is -2.19. The molecule has 0 spiro atoms. The van der Waals surface area contributed by atoms with Crippen LogP contribution in [0.4, 0.5) is 0 Å². The van der Waals surface area contributed by atoms with Crippen LogP contribution in [0.3, 0.4) is 0 Å². The van der Waals surface area contributed by atoms with Crippen LogP contribution in [-0.2, 0) is 6.54 Å². The molecule has 1 amide bonds. The van der Waals surface area contributed by atoms with E-state index in [1.54, 1.807) is 41.2 Å². The average molecular weight is 431 g/mol. The molecule has 0 atom stereocenters. The smallest absolute Gasteiger partial charge is 0.291 e. The number of hydrogen-bond donors (Lipinski definition) is 1. The van der Waals surface area contributed by atoms with Crippen molar-refractivity contribution in [3.05, 3.63) is 75.5 Å². The summed E-state index contributed by atoms with van der Waals surface area (Å²) >= 11 is 12.1. The van der Waals surface area contributed by atoms with Crippen LogP contribution in [0, 0.1) is 0 Å². The highest BCUT2D eigenvalue weighted by atomic mass is 35.5. The fourth-order valence-electron chi connectivity index (χ4n) is 2.76. The van der Waals surface area contributed by atoms with Crippen LogP contribution in [0.15, 0.2) is 53.8 Å². The van der Waals surface area contributed by atoms with E-state index in [0.717, 1.165) is 11.1 Å². The number of halogens is 2. The lowest BCUT2D eigenvalue weighted by Gasteiger charge is -2.18. The third kappa shape index (κ3) is 4.70. The number of fused-ring (bicyclic) bond motifs is 1. The van der Waals surface area contributed by atoms with E-state index in [0.29, 0.717) is 41.3 Å². The molecule has 4 rings (SSSR count). The molecule has 1 aliphatic heterocycles. The Bertz CT molecular complexity index is 1080. The van der Waals surface area contributed by atoms with Gasteiger partial charge in [0.25, 0.3) is 5.91 Å². The van der Waals surface area contributed by atoms with Crippen molar-refractivity contribution < 1.29 is 14.3 Å². The topological polar surface area (TPSA) is 77.7 Å². The monoisotopic (exact) mass is 430 g/mol. The van der Waals surface area contributed by atoms with Crippen molar-refractivity contribution in [2.24, 2.45) is 5.10 Å². The van der Waals surface area contributed by atoms with Gasteiger partial charge < -0.3 is 9.47 Å². The molecule has 29 heavy (non-hydrogen) atoms. The van der Waals surface area contributed by atoms with Crippen molar-refractivity contribution >= 4 is 35.3 Å². The molecular formula is C20H16Cl2N4O3. The Morgan fingerprint density at radius 2 is 1.97 bits per heavy atom. The van der Waals surface area contributed by atoms with Crippen molar-refractivity contribution in [2.75, 3.05) is 13.2 Å². The van der Waals surface area contributed by atoms with Crippen molar-refractivity contribution in [3.8, 4) is 11.5 Å². The number of carbonyl (C=O) groups excluding carboxylic acids is 1. The highest BCUT2D eigenvalue weighted by Crippen LogP contribution is 2.30. The minimum Gasteiger partial charge on any atom is -0.486 e. The van der Waals surface area contributed by atoms with E-state index in [1.165, 1.54) is 6.21 Å². The van der Waals surface area contributed by atoms with E-state index >= 15 is 0 Å². The molecule has 9 heteroatoms. The summed E-state index contributed by atoms with van der Waals surface area (Å²) in [6.45, 7) is 1.46.